The van der Waals surface area contributed by atoms with Crippen molar-refractivity contribution in [2.45, 2.75) is 11.6 Å². The second kappa shape index (κ2) is 3.14. The number of rotatable bonds is 0. The van der Waals surface area contributed by atoms with Crippen molar-refractivity contribution >= 4 is 55.5 Å². The molecule has 0 spiro atoms. The second-order valence-electron chi connectivity index (χ2n) is 3.48. The molecule has 2 aromatic rings. The fraction of sp³-hybridized carbons (Fsp3) is 0.250. The topological polar surface area (TPSA) is 50.5 Å². The van der Waals surface area contributed by atoms with Crippen LogP contribution in [0.1, 0.15) is 5.56 Å². The Morgan fingerprint density at radius 1 is 1.38 bits per heavy atom. The molecule has 0 unspecified atom stereocenters. The van der Waals surface area contributed by atoms with Crippen molar-refractivity contribution in [2.24, 2.45) is 0 Å². The quantitative estimate of drug-likeness (QED) is 0.751. The molecule has 1 aliphatic heterocycles. The van der Waals surface area contributed by atoms with Crippen LogP contribution in [0.25, 0.3) is 11.0 Å². The third kappa shape index (κ3) is 1.16. The Morgan fingerprint density at radius 3 is 2.75 bits per heavy atom. The summed E-state index contributed by atoms with van der Waals surface area (Å²) in [6.07, 6.45) is 0. The predicted octanol–water partition coefficient (Wildman–Crippen LogP) is 2.94. The lowest BCUT2D eigenvalue weighted by Gasteiger charge is -2.04. The summed E-state index contributed by atoms with van der Waals surface area (Å²) >= 11 is 13.1. The van der Waals surface area contributed by atoms with Crippen LogP contribution in [0.2, 0.25) is 8.67 Å². The molecule has 4 nitrogen and oxygen atoms in total. The first-order valence-electron chi connectivity index (χ1n) is 4.28. The second-order valence-corrected chi connectivity index (χ2v) is 7.65. The molecular weight excluding hydrogens is 293 g/mol. The normalized spacial score (nSPS) is 19.4. The van der Waals surface area contributed by atoms with E-state index in [0.29, 0.717) is 25.2 Å². The van der Waals surface area contributed by atoms with Crippen molar-refractivity contribution < 1.29 is 12.8 Å². The molecule has 86 valence electrons. The van der Waals surface area contributed by atoms with Crippen LogP contribution >= 0.6 is 34.5 Å². The van der Waals surface area contributed by atoms with Crippen molar-refractivity contribution in [1.82, 2.24) is 4.31 Å². The molecule has 0 N–H and O–H groups in total. The summed E-state index contributed by atoms with van der Waals surface area (Å²) in [7, 11) is -2.00. The van der Waals surface area contributed by atoms with Gasteiger partial charge in [0.25, 0.3) is 10.0 Å². The number of halogens is 2. The molecule has 0 atom stereocenters. The third-order valence-electron chi connectivity index (χ3n) is 2.55. The van der Waals surface area contributed by atoms with Crippen LogP contribution in [-0.4, -0.2) is 19.8 Å². The zero-order valence-corrected chi connectivity index (χ0v) is 11.1. The monoisotopic (exact) mass is 297 g/mol. The fourth-order valence-corrected chi connectivity index (χ4v) is 4.64. The summed E-state index contributed by atoms with van der Waals surface area (Å²) < 4.78 is 31.0. The minimum Gasteiger partial charge on any atom is -0.440 e. The Balaban J connectivity index is 2.47. The Bertz CT molecular complexity index is 700. The van der Waals surface area contributed by atoms with Crippen LogP contribution in [0, 0.1) is 0 Å². The van der Waals surface area contributed by atoms with Crippen LogP contribution in [-0.2, 0) is 16.6 Å². The molecule has 3 heterocycles. The van der Waals surface area contributed by atoms with Crippen LogP contribution in [0.5, 0.6) is 0 Å². The molecule has 0 saturated heterocycles. The first kappa shape index (κ1) is 10.9. The number of hydrogen-bond acceptors (Lipinski definition) is 4. The molecule has 0 radical (unpaired) electrons. The van der Waals surface area contributed by atoms with E-state index < -0.39 is 10.0 Å². The maximum atomic E-state index is 11.8. The Labute approximate surface area is 105 Å². The molecule has 0 bridgehead atoms. The summed E-state index contributed by atoms with van der Waals surface area (Å²) in [5, 5.41) is 0.594. The Morgan fingerprint density at radius 2 is 2.06 bits per heavy atom. The molecule has 0 amide bonds. The van der Waals surface area contributed by atoms with E-state index in [-0.39, 0.29) is 11.6 Å². The van der Waals surface area contributed by atoms with E-state index in [1.807, 2.05) is 0 Å². The minimum atomic E-state index is -3.50. The van der Waals surface area contributed by atoms with E-state index in [0.717, 1.165) is 0 Å². The van der Waals surface area contributed by atoms with E-state index >= 15 is 0 Å². The van der Waals surface area contributed by atoms with Crippen LogP contribution in [0.3, 0.4) is 0 Å². The van der Waals surface area contributed by atoms with Gasteiger partial charge in [0.15, 0.2) is 5.58 Å². The molecule has 16 heavy (non-hydrogen) atoms. The average Bonchev–Trinajstić information content (AvgIpc) is 2.73. The first-order chi connectivity index (χ1) is 7.43. The van der Waals surface area contributed by atoms with Gasteiger partial charge < -0.3 is 4.42 Å². The van der Waals surface area contributed by atoms with Crippen LogP contribution in [0.4, 0.5) is 0 Å². The number of hydrogen-bond donors (Lipinski definition) is 0. The molecule has 8 heteroatoms. The van der Waals surface area contributed by atoms with Gasteiger partial charge >= 0.3 is 0 Å². The first-order valence-corrected chi connectivity index (χ1v) is 7.29. The maximum absolute atomic E-state index is 11.8. The van der Waals surface area contributed by atoms with Crippen molar-refractivity contribution in [3.05, 3.63) is 14.2 Å². The lowest BCUT2D eigenvalue weighted by Crippen LogP contribution is -2.18. The van der Waals surface area contributed by atoms with Crippen molar-refractivity contribution in [2.75, 3.05) is 7.05 Å². The molecular formula is C8H5Cl2NO3S2. The van der Waals surface area contributed by atoms with Crippen molar-refractivity contribution in [3.63, 3.8) is 0 Å². The number of thiophene rings is 1. The molecule has 1 aliphatic rings. The molecule has 2 aromatic heterocycles. The maximum Gasteiger partial charge on any atom is 0.276 e. The summed E-state index contributed by atoms with van der Waals surface area (Å²) in [6.45, 7) is 0.275. The van der Waals surface area contributed by atoms with Gasteiger partial charge in [0.2, 0.25) is 5.09 Å². The molecule has 3 rings (SSSR count). The van der Waals surface area contributed by atoms with Gasteiger partial charge in [0, 0.05) is 19.2 Å². The summed E-state index contributed by atoms with van der Waals surface area (Å²) in [4.78, 5) is 0. The molecule has 0 aromatic carbocycles. The molecule has 0 fully saturated rings. The number of sulfonamides is 1. The van der Waals surface area contributed by atoms with Gasteiger partial charge in [-0.15, -0.1) is 11.3 Å². The fourth-order valence-electron chi connectivity index (χ4n) is 1.77. The summed E-state index contributed by atoms with van der Waals surface area (Å²) in [6, 6.07) is 0. The van der Waals surface area contributed by atoms with Gasteiger partial charge in [-0.3, -0.25) is 0 Å². The zero-order valence-electron chi connectivity index (χ0n) is 7.95. The Hall–Kier alpha value is -0.270. The summed E-state index contributed by atoms with van der Waals surface area (Å²) in [5.74, 6) is 0. The average molecular weight is 298 g/mol. The lowest BCUT2D eigenvalue weighted by atomic mass is 10.2. The largest absolute Gasteiger partial charge is 0.440 e. The van der Waals surface area contributed by atoms with Crippen molar-refractivity contribution in [1.29, 1.82) is 0 Å². The van der Waals surface area contributed by atoms with Gasteiger partial charge in [0.05, 0.1) is 5.39 Å². The number of fused-ring (bicyclic) bond motifs is 3. The highest BCUT2D eigenvalue weighted by Crippen LogP contribution is 2.47. The highest BCUT2D eigenvalue weighted by atomic mass is 35.5. The molecule has 0 saturated carbocycles. The third-order valence-corrected chi connectivity index (χ3v) is 5.87. The van der Waals surface area contributed by atoms with Crippen LogP contribution < -0.4 is 0 Å². The Kier molecular flexibility index (Phi) is 2.13. The van der Waals surface area contributed by atoms with Gasteiger partial charge in [-0.1, -0.05) is 23.2 Å². The summed E-state index contributed by atoms with van der Waals surface area (Å²) in [5.41, 5.74) is 0.976. The highest BCUT2D eigenvalue weighted by Gasteiger charge is 2.39. The minimum absolute atomic E-state index is 0.0309. The van der Waals surface area contributed by atoms with Gasteiger partial charge in [0.1, 0.15) is 8.67 Å². The van der Waals surface area contributed by atoms with Gasteiger partial charge in [-0.2, -0.15) is 4.31 Å². The predicted molar refractivity (Wildman–Crippen MR) is 62.8 cm³/mol. The van der Waals surface area contributed by atoms with Gasteiger partial charge in [-0.25, -0.2) is 8.42 Å². The standard InChI is InChI=1S/C8H5Cl2NO3S2/c1-11-2-3-4-5(7(10)15-6(4)9)14-8(3)16(11,12)13/h2H2,1H3. The smallest absolute Gasteiger partial charge is 0.276 e. The highest BCUT2D eigenvalue weighted by molar-refractivity contribution is 7.89. The van der Waals surface area contributed by atoms with E-state index in [1.54, 1.807) is 0 Å². The van der Waals surface area contributed by atoms with E-state index in [9.17, 15) is 8.42 Å². The molecule has 0 aliphatic carbocycles. The van der Waals surface area contributed by atoms with Crippen LogP contribution in [0.15, 0.2) is 9.51 Å². The number of nitrogens with zero attached hydrogens (tertiary/aromatic N) is 1. The van der Waals surface area contributed by atoms with E-state index in [1.165, 1.54) is 22.7 Å². The number of furan rings is 1. The zero-order chi connectivity index (χ0) is 11.7. The van der Waals surface area contributed by atoms with E-state index in [2.05, 4.69) is 0 Å². The van der Waals surface area contributed by atoms with E-state index in [4.69, 9.17) is 27.6 Å². The SMILES string of the molecule is CN1Cc2c(oc3c(Cl)sc(Cl)c23)S1(=O)=O. The van der Waals surface area contributed by atoms with Crippen molar-refractivity contribution in [3.8, 4) is 0 Å². The lowest BCUT2D eigenvalue weighted by molar-refractivity contribution is 0.461. The van der Waals surface area contributed by atoms with Gasteiger partial charge in [-0.05, 0) is 0 Å².